The van der Waals surface area contributed by atoms with Crippen molar-refractivity contribution in [3.8, 4) is 0 Å². The minimum atomic E-state index is -3.39. The van der Waals surface area contributed by atoms with Gasteiger partial charge in [-0.1, -0.05) is 52.2 Å². The number of rotatable bonds is 34. The minimum absolute atomic E-state index is 0.0174. The summed E-state index contributed by atoms with van der Waals surface area (Å²) in [5.74, 6) is -2.27. The molecule has 0 aliphatic rings. The van der Waals surface area contributed by atoms with Crippen molar-refractivity contribution in [2.45, 2.75) is 105 Å². The van der Waals surface area contributed by atoms with E-state index >= 15 is 0 Å². The highest BCUT2D eigenvalue weighted by atomic mass is 31.2. The number of hydrogen-bond acceptors (Lipinski definition) is 13. The highest BCUT2D eigenvalue weighted by molar-refractivity contribution is 7.59. The maximum Gasteiger partial charge on any atom is 0.317 e. The van der Waals surface area contributed by atoms with Crippen molar-refractivity contribution in [3.63, 3.8) is 0 Å². The molecule has 0 radical (unpaired) electrons. The number of carboxylic acids is 2. The van der Waals surface area contributed by atoms with Crippen LogP contribution >= 0.6 is 22.1 Å². The van der Waals surface area contributed by atoms with E-state index in [-0.39, 0.29) is 82.4 Å². The van der Waals surface area contributed by atoms with Gasteiger partial charge in [0.1, 0.15) is 0 Å². The molecule has 0 fully saturated rings. The van der Waals surface area contributed by atoms with Gasteiger partial charge in [-0.2, -0.15) is 0 Å². The number of carboxylic acid groups (broad SMARTS) is 2. The lowest BCUT2D eigenvalue weighted by atomic mass is 10.0. The van der Waals surface area contributed by atoms with Crippen LogP contribution in [-0.4, -0.2) is 137 Å². The molecule has 0 heterocycles. The van der Waals surface area contributed by atoms with E-state index in [0.29, 0.717) is 24.8 Å². The number of benzene rings is 1. The second-order valence-corrected chi connectivity index (χ2v) is 22.2. The van der Waals surface area contributed by atoms with Gasteiger partial charge in [0, 0.05) is 55.8 Å². The van der Waals surface area contributed by atoms with Crippen LogP contribution in [0.2, 0.25) is 0 Å². The molecule has 1 aromatic carbocycles. The molecule has 5 atom stereocenters. The third kappa shape index (κ3) is 20.1. The number of carbonyl (C=O) groups is 2. The number of nitrogens with zero attached hydrogens (tertiary/aromatic N) is 4. The standard InChI is InChI=1S/C37H69N4O12P3/c1-8-14-21-54(48,51-11-4)29-38(27-36(42)43)25-32(7)40(31-56(50,53-13-6)23-16-10-3)35(24-33-17-19-34(20-18-33)41(46)47)26-39(28-37(44)45)30-55(49,52-12-5)22-15-9-2/h17-20,32,35H,8-16,21-31H2,1-7H3,(H,42,43)(H,44,45)/t32-,35-,54?,55?,56?/m1/s1. The Kier molecular flexibility index (Phi) is 25.0. The first-order valence-electron chi connectivity index (χ1n) is 20.0. The van der Waals surface area contributed by atoms with Crippen molar-refractivity contribution < 1.29 is 52.0 Å². The van der Waals surface area contributed by atoms with Crippen molar-refractivity contribution >= 4 is 39.7 Å². The summed E-state index contributed by atoms with van der Waals surface area (Å²) in [6.45, 7) is 12.7. The van der Waals surface area contributed by atoms with Crippen molar-refractivity contribution in [2.24, 2.45) is 0 Å². The average Bonchev–Trinajstić information content (AvgIpc) is 3.11. The quantitative estimate of drug-likeness (QED) is 0.0381. The third-order valence-electron chi connectivity index (χ3n) is 9.22. The zero-order chi connectivity index (χ0) is 42.4. The maximum absolute atomic E-state index is 14.7. The van der Waals surface area contributed by atoms with Crippen LogP contribution in [0.4, 0.5) is 5.69 Å². The molecule has 1 aromatic rings. The lowest BCUT2D eigenvalue weighted by molar-refractivity contribution is -0.384. The van der Waals surface area contributed by atoms with Crippen LogP contribution in [0.1, 0.15) is 92.6 Å². The van der Waals surface area contributed by atoms with E-state index in [0.717, 1.165) is 19.3 Å². The third-order valence-corrected chi connectivity index (χ3v) is 16.8. The fourth-order valence-electron chi connectivity index (χ4n) is 6.72. The Balaban J connectivity index is 3.99. The van der Waals surface area contributed by atoms with E-state index in [1.54, 1.807) is 42.7 Å². The molecule has 19 heteroatoms. The molecule has 0 aliphatic heterocycles. The van der Waals surface area contributed by atoms with E-state index in [1.807, 2.05) is 32.6 Å². The maximum atomic E-state index is 14.7. The smallest absolute Gasteiger partial charge is 0.317 e. The molecule has 56 heavy (non-hydrogen) atoms. The molecular weight excluding hydrogens is 785 g/mol. The van der Waals surface area contributed by atoms with Gasteiger partial charge in [-0.05, 0) is 58.9 Å². The molecule has 3 unspecified atom stereocenters. The second-order valence-electron chi connectivity index (χ2n) is 14.3. The molecule has 16 nitrogen and oxygen atoms in total. The summed E-state index contributed by atoms with van der Waals surface area (Å²) < 4.78 is 60.4. The van der Waals surface area contributed by atoms with Crippen molar-refractivity contribution in [1.82, 2.24) is 14.7 Å². The van der Waals surface area contributed by atoms with Gasteiger partial charge in [-0.25, -0.2) is 0 Å². The Morgan fingerprint density at radius 1 is 0.696 bits per heavy atom. The number of non-ortho nitro benzene ring substituents is 1. The molecule has 0 bridgehead atoms. The van der Waals surface area contributed by atoms with Gasteiger partial charge < -0.3 is 23.8 Å². The van der Waals surface area contributed by atoms with Crippen molar-refractivity contribution in [3.05, 3.63) is 39.9 Å². The van der Waals surface area contributed by atoms with Gasteiger partial charge in [-0.3, -0.25) is 48.1 Å². The molecular formula is C37H69N4O12P3. The highest BCUT2D eigenvalue weighted by Gasteiger charge is 2.37. The van der Waals surface area contributed by atoms with Gasteiger partial charge >= 0.3 is 11.9 Å². The number of aliphatic carboxylic acids is 2. The van der Waals surface area contributed by atoms with Gasteiger partial charge in [0.15, 0.2) is 0 Å². The fourth-order valence-corrected chi connectivity index (χ4v) is 14.2. The van der Waals surface area contributed by atoms with E-state index in [9.17, 15) is 43.6 Å². The molecule has 0 saturated carbocycles. The first-order chi connectivity index (χ1) is 26.4. The van der Waals surface area contributed by atoms with E-state index in [1.165, 1.54) is 12.1 Å². The van der Waals surface area contributed by atoms with E-state index < -0.39 is 64.1 Å². The first-order valence-corrected chi connectivity index (χ1v) is 25.9. The van der Waals surface area contributed by atoms with Gasteiger partial charge in [-0.15, -0.1) is 0 Å². The Morgan fingerprint density at radius 3 is 1.45 bits per heavy atom. The van der Waals surface area contributed by atoms with Crippen LogP contribution in [0.25, 0.3) is 0 Å². The molecule has 0 aliphatic carbocycles. The molecule has 0 saturated heterocycles. The monoisotopic (exact) mass is 854 g/mol. The number of unbranched alkanes of at least 4 members (excludes halogenated alkanes) is 3. The Labute approximate surface area is 334 Å². The molecule has 2 N–H and O–H groups in total. The summed E-state index contributed by atoms with van der Waals surface area (Å²) in [6, 6.07) is 4.78. The SMILES string of the molecule is CCCCP(=O)(CN(CC(=O)O)C[C@@H](Cc1ccc([N+](=O)[O-])cc1)N(CP(=O)(CCCC)OCC)[C@H](C)CN(CC(=O)O)CP(=O)(CCCC)OCC)OCC. The van der Waals surface area contributed by atoms with E-state index in [4.69, 9.17) is 13.6 Å². The largest absolute Gasteiger partial charge is 0.480 e. The van der Waals surface area contributed by atoms with Gasteiger partial charge in [0.05, 0.1) is 56.7 Å². The Morgan fingerprint density at radius 2 is 1.09 bits per heavy atom. The topological polar surface area (TPSA) is 206 Å². The normalized spacial score (nSPS) is 16.3. The zero-order valence-electron chi connectivity index (χ0n) is 34.7. The summed E-state index contributed by atoms with van der Waals surface area (Å²) in [6.07, 6.45) is 4.86. The van der Waals surface area contributed by atoms with Gasteiger partial charge in [0.2, 0.25) is 22.1 Å². The summed E-state index contributed by atoms with van der Waals surface area (Å²) in [5.41, 5.74) is 0.567. The number of hydrogen-bond donors (Lipinski definition) is 2. The zero-order valence-corrected chi connectivity index (χ0v) is 37.4. The molecule has 0 aromatic heterocycles. The number of nitro benzene ring substituents is 1. The van der Waals surface area contributed by atoms with Crippen molar-refractivity contribution in [2.75, 3.05) is 83.3 Å². The number of nitro groups is 1. The summed E-state index contributed by atoms with van der Waals surface area (Å²) in [7, 11) is -10.0. The van der Waals surface area contributed by atoms with Crippen molar-refractivity contribution in [1.29, 1.82) is 0 Å². The predicted molar refractivity (Wildman–Crippen MR) is 222 cm³/mol. The Hall–Kier alpha value is -1.99. The fraction of sp³-hybridized carbons (Fsp3) is 0.784. The average molecular weight is 855 g/mol. The molecule has 324 valence electrons. The Bertz CT molecular complexity index is 1470. The minimum Gasteiger partial charge on any atom is -0.480 e. The summed E-state index contributed by atoms with van der Waals surface area (Å²) >= 11 is 0. The lowest BCUT2D eigenvalue weighted by Gasteiger charge is -2.42. The molecule has 0 spiro atoms. The van der Waals surface area contributed by atoms with Crippen LogP contribution < -0.4 is 0 Å². The van der Waals surface area contributed by atoms with Crippen LogP contribution in [0, 0.1) is 10.1 Å². The van der Waals surface area contributed by atoms with Crippen LogP contribution in [0.5, 0.6) is 0 Å². The highest BCUT2D eigenvalue weighted by Crippen LogP contribution is 2.51. The van der Waals surface area contributed by atoms with Gasteiger partial charge in [0.25, 0.3) is 5.69 Å². The van der Waals surface area contributed by atoms with Crippen LogP contribution in [0.15, 0.2) is 24.3 Å². The van der Waals surface area contributed by atoms with E-state index in [2.05, 4.69) is 0 Å². The first kappa shape index (κ1) is 52.0. The lowest BCUT2D eigenvalue weighted by Crippen LogP contribution is -2.53. The van der Waals surface area contributed by atoms with Crippen LogP contribution in [0.3, 0.4) is 0 Å². The van der Waals surface area contributed by atoms with Crippen LogP contribution in [-0.2, 0) is 43.3 Å². The molecule has 0 amide bonds. The summed E-state index contributed by atoms with van der Waals surface area (Å²) in [4.78, 5) is 40.6. The second kappa shape index (κ2) is 26.9. The predicted octanol–water partition coefficient (Wildman–Crippen LogP) is 8.19. The molecule has 1 rings (SSSR count). The summed E-state index contributed by atoms with van der Waals surface area (Å²) in [5, 5.41) is 31.5.